The van der Waals surface area contributed by atoms with Gasteiger partial charge in [0.15, 0.2) is 0 Å². The lowest BCUT2D eigenvalue weighted by Gasteiger charge is -1.96. The van der Waals surface area contributed by atoms with Crippen molar-refractivity contribution in [2.75, 3.05) is 0 Å². The monoisotopic (exact) mass is 196 g/mol. The van der Waals surface area contributed by atoms with Gasteiger partial charge in [0.25, 0.3) is 0 Å². The van der Waals surface area contributed by atoms with Crippen molar-refractivity contribution in [2.24, 2.45) is 0 Å². The zero-order valence-electron chi connectivity index (χ0n) is 7.14. The molecule has 0 saturated carbocycles. The van der Waals surface area contributed by atoms with Gasteiger partial charge in [0.05, 0.1) is 18.3 Å². The summed E-state index contributed by atoms with van der Waals surface area (Å²) in [4.78, 5) is 20.9. The van der Waals surface area contributed by atoms with Crippen LogP contribution in [-0.4, -0.2) is 22.2 Å². The minimum Gasteiger partial charge on any atom is -0.481 e. The van der Waals surface area contributed by atoms with Crippen molar-refractivity contribution in [2.45, 2.75) is 6.42 Å². The lowest BCUT2D eigenvalue weighted by molar-refractivity contribution is -0.139. The summed E-state index contributed by atoms with van der Waals surface area (Å²) in [5, 5.41) is 17.1. The normalized spacial score (nSPS) is 11.3. The van der Waals surface area contributed by atoms with E-state index in [4.69, 9.17) is 14.6 Å². The predicted octanol–water partition coefficient (Wildman–Crippen LogP) is 1.22. The van der Waals surface area contributed by atoms with Crippen LogP contribution < -0.4 is 0 Å². The molecule has 0 radical (unpaired) electrons. The Bertz CT molecular complexity index is 361. The van der Waals surface area contributed by atoms with Crippen molar-refractivity contribution >= 4 is 18.0 Å². The van der Waals surface area contributed by atoms with Gasteiger partial charge in [-0.2, -0.15) is 0 Å². The molecule has 0 aliphatic carbocycles. The molecule has 5 nitrogen and oxygen atoms in total. The van der Waals surface area contributed by atoms with Crippen LogP contribution in [0.5, 0.6) is 0 Å². The Morgan fingerprint density at radius 1 is 1.43 bits per heavy atom. The van der Waals surface area contributed by atoms with Crippen molar-refractivity contribution in [3.8, 4) is 0 Å². The van der Waals surface area contributed by atoms with E-state index >= 15 is 0 Å². The van der Waals surface area contributed by atoms with Gasteiger partial charge in [-0.15, -0.1) is 0 Å². The highest BCUT2D eigenvalue weighted by molar-refractivity contribution is 5.96. The van der Waals surface area contributed by atoms with Crippen LogP contribution in [0.4, 0.5) is 0 Å². The number of rotatable bonds is 4. The number of furan rings is 1. The van der Waals surface area contributed by atoms with Crippen LogP contribution in [0.3, 0.4) is 0 Å². The molecule has 74 valence electrons. The number of hydrogen-bond acceptors (Lipinski definition) is 3. The molecule has 0 atom stereocenters. The third-order valence-electron chi connectivity index (χ3n) is 1.48. The molecule has 0 fully saturated rings. The minimum atomic E-state index is -1.26. The van der Waals surface area contributed by atoms with Crippen LogP contribution in [0.1, 0.15) is 12.2 Å². The first-order valence-electron chi connectivity index (χ1n) is 3.79. The second kappa shape index (κ2) is 4.27. The summed E-state index contributed by atoms with van der Waals surface area (Å²) >= 11 is 0. The number of aliphatic carboxylic acids is 2. The maximum absolute atomic E-state index is 10.6. The third-order valence-corrected chi connectivity index (χ3v) is 1.48. The second-order valence-corrected chi connectivity index (χ2v) is 2.56. The van der Waals surface area contributed by atoms with Gasteiger partial charge in [-0.25, -0.2) is 4.79 Å². The Morgan fingerprint density at radius 3 is 2.57 bits per heavy atom. The molecule has 0 spiro atoms. The molecule has 5 heteroatoms. The Morgan fingerprint density at radius 2 is 2.14 bits per heavy atom. The summed E-state index contributed by atoms with van der Waals surface area (Å²) in [5.74, 6) is -2.13. The molecule has 1 heterocycles. The van der Waals surface area contributed by atoms with Gasteiger partial charge in [0.1, 0.15) is 5.76 Å². The van der Waals surface area contributed by atoms with Crippen LogP contribution in [0.2, 0.25) is 0 Å². The van der Waals surface area contributed by atoms with E-state index in [-0.39, 0.29) is 5.57 Å². The zero-order chi connectivity index (χ0) is 10.6. The summed E-state index contributed by atoms with van der Waals surface area (Å²) in [7, 11) is 0. The summed E-state index contributed by atoms with van der Waals surface area (Å²) in [6.07, 6.45) is 2.04. The molecule has 2 N–H and O–H groups in total. The summed E-state index contributed by atoms with van der Waals surface area (Å²) in [5.41, 5.74) is -0.215. The Labute approximate surface area is 79.3 Å². The fourth-order valence-corrected chi connectivity index (χ4v) is 0.896. The number of hydrogen-bond donors (Lipinski definition) is 2. The topological polar surface area (TPSA) is 87.7 Å². The van der Waals surface area contributed by atoms with E-state index in [1.807, 2.05) is 0 Å². The molecule has 0 unspecified atom stereocenters. The van der Waals surface area contributed by atoms with Crippen LogP contribution in [0, 0.1) is 0 Å². The quantitative estimate of drug-likeness (QED) is 0.707. The van der Waals surface area contributed by atoms with Gasteiger partial charge in [0.2, 0.25) is 0 Å². The molecule has 1 aromatic heterocycles. The van der Waals surface area contributed by atoms with Crippen molar-refractivity contribution in [1.29, 1.82) is 0 Å². The van der Waals surface area contributed by atoms with Crippen molar-refractivity contribution in [1.82, 2.24) is 0 Å². The van der Waals surface area contributed by atoms with Gasteiger partial charge < -0.3 is 14.6 Å². The molecule has 14 heavy (non-hydrogen) atoms. The smallest absolute Gasteiger partial charge is 0.332 e. The van der Waals surface area contributed by atoms with E-state index in [2.05, 4.69) is 0 Å². The molecule has 0 bridgehead atoms. The molecule has 0 aliphatic heterocycles. The maximum Gasteiger partial charge on any atom is 0.332 e. The van der Waals surface area contributed by atoms with Gasteiger partial charge in [0, 0.05) is 0 Å². The lowest BCUT2D eigenvalue weighted by Crippen LogP contribution is -2.06. The zero-order valence-corrected chi connectivity index (χ0v) is 7.14. The van der Waals surface area contributed by atoms with Crippen molar-refractivity contribution in [3.05, 3.63) is 29.7 Å². The molecular formula is C9H8O5. The molecule has 1 rings (SSSR count). The second-order valence-electron chi connectivity index (χ2n) is 2.56. The Hall–Kier alpha value is -2.04. The first-order chi connectivity index (χ1) is 6.59. The fourth-order valence-electron chi connectivity index (χ4n) is 0.896. The van der Waals surface area contributed by atoms with Crippen LogP contribution in [0.15, 0.2) is 28.4 Å². The average Bonchev–Trinajstić information content (AvgIpc) is 2.54. The van der Waals surface area contributed by atoms with E-state index in [1.165, 1.54) is 12.3 Å². The van der Waals surface area contributed by atoms with Crippen LogP contribution in [0.25, 0.3) is 6.08 Å². The number of carbonyl (C=O) groups is 2. The first-order valence-corrected chi connectivity index (χ1v) is 3.79. The highest BCUT2D eigenvalue weighted by Crippen LogP contribution is 2.10. The van der Waals surface area contributed by atoms with Gasteiger partial charge in [-0.3, -0.25) is 4.79 Å². The van der Waals surface area contributed by atoms with Gasteiger partial charge in [-0.05, 0) is 18.2 Å². The van der Waals surface area contributed by atoms with E-state index in [1.54, 1.807) is 12.1 Å². The summed E-state index contributed by atoms with van der Waals surface area (Å²) in [6.45, 7) is 0. The third kappa shape index (κ3) is 2.78. The lowest BCUT2D eigenvalue weighted by atomic mass is 10.1. The summed E-state index contributed by atoms with van der Waals surface area (Å²) in [6, 6.07) is 3.14. The molecule has 0 amide bonds. The van der Waals surface area contributed by atoms with E-state index in [0.29, 0.717) is 5.76 Å². The molecular weight excluding hydrogens is 188 g/mol. The standard InChI is InChI=1S/C9H8O5/c10-8(11)5-6(9(12)13)4-7-2-1-3-14-7/h1-4H,5H2,(H,10,11)(H,12,13)/b6-4-. The largest absolute Gasteiger partial charge is 0.481 e. The predicted molar refractivity (Wildman–Crippen MR) is 46.6 cm³/mol. The minimum absolute atomic E-state index is 0.215. The number of carboxylic acids is 2. The Balaban J connectivity index is 2.88. The van der Waals surface area contributed by atoms with Gasteiger partial charge >= 0.3 is 11.9 Å². The van der Waals surface area contributed by atoms with E-state index < -0.39 is 18.4 Å². The van der Waals surface area contributed by atoms with E-state index in [9.17, 15) is 9.59 Å². The Kier molecular flexibility index (Phi) is 3.06. The van der Waals surface area contributed by atoms with Crippen LogP contribution in [-0.2, 0) is 9.59 Å². The number of carboxylic acid groups (broad SMARTS) is 2. The van der Waals surface area contributed by atoms with Crippen molar-refractivity contribution < 1.29 is 24.2 Å². The first kappa shape index (κ1) is 10.0. The SMILES string of the molecule is O=C(O)C/C(=C/c1ccco1)C(=O)O. The average molecular weight is 196 g/mol. The highest BCUT2D eigenvalue weighted by Gasteiger charge is 2.12. The van der Waals surface area contributed by atoms with E-state index in [0.717, 1.165) is 0 Å². The summed E-state index contributed by atoms with van der Waals surface area (Å²) < 4.78 is 4.86. The molecule has 0 saturated heterocycles. The van der Waals surface area contributed by atoms with Crippen LogP contribution >= 0.6 is 0 Å². The molecule has 0 aromatic carbocycles. The fraction of sp³-hybridized carbons (Fsp3) is 0.111. The van der Waals surface area contributed by atoms with Crippen molar-refractivity contribution in [3.63, 3.8) is 0 Å². The molecule has 0 aliphatic rings. The highest BCUT2D eigenvalue weighted by atomic mass is 16.4. The van der Waals surface area contributed by atoms with Gasteiger partial charge in [-0.1, -0.05) is 0 Å². The molecule has 1 aromatic rings. The maximum atomic E-state index is 10.6.